The Balaban J connectivity index is 3.04. The van der Waals surface area contributed by atoms with E-state index in [9.17, 15) is 4.79 Å². The Morgan fingerprint density at radius 1 is 1.46 bits per heavy atom. The summed E-state index contributed by atoms with van der Waals surface area (Å²) in [5.74, 6) is 0. The summed E-state index contributed by atoms with van der Waals surface area (Å²) >= 11 is 0. The highest BCUT2D eigenvalue weighted by Crippen LogP contribution is 2.13. The smallest absolute Gasteiger partial charge is 0.142 e. The maximum absolute atomic E-state index is 10.0. The Labute approximate surface area is 76.1 Å². The van der Waals surface area contributed by atoms with E-state index in [1.54, 1.807) is 24.3 Å². The third-order valence-electron chi connectivity index (χ3n) is 1.56. The van der Waals surface area contributed by atoms with Crippen LogP contribution in [-0.4, -0.2) is 6.29 Å². The first kappa shape index (κ1) is 9.01. The highest BCUT2D eigenvalue weighted by molar-refractivity contribution is 5.75. The Hall–Kier alpha value is -2.08. The predicted molar refractivity (Wildman–Crippen MR) is 50.7 cm³/mol. The number of rotatable bonds is 2. The van der Waals surface area contributed by atoms with Gasteiger partial charge in [0.2, 0.25) is 0 Å². The lowest BCUT2D eigenvalue weighted by Gasteiger charge is -1.97. The van der Waals surface area contributed by atoms with Crippen LogP contribution in [-0.2, 0) is 4.79 Å². The van der Waals surface area contributed by atoms with Gasteiger partial charge in [-0.1, -0.05) is 12.1 Å². The zero-order valence-corrected chi connectivity index (χ0v) is 6.90. The fourth-order valence-corrected chi connectivity index (χ4v) is 0.937. The SMILES string of the molecule is N#Cc1ccc(C=CC=O)cc1N. The number of allylic oxidation sites excluding steroid dienone is 1. The molecule has 0 heterocycles. The van der Waals surface area contributed by atoms with E-state index >= 15 is 0 Å². The number of nitrogen functional groups attached to an aromatic ring is 1. The van der Waals surface area contributed by atoms with Crippen LogP contribution in [0.5, 0.6) is 0 Å². The lowest BCUT2D eigenvalue weighted by atomic mass is 10.1. The van der Waals surface area contributed by atoms with Crippen molar-refractivity contribution in [2.75, 3.05) is 5.73 Å². The van der Waals surface area contributed by atoms with Gasteiger partial charge in [0.1, 0.15) is 12.4 Å². The van der Waals surface area contributed by atoms with Crippen molar-refractivity contribution in [3.63, 3.8) is 0 Å². The van der Waals surface area contributed by atoms with E-state index in [4.69, 9.17) is 11.0 Å². The number of nitriles is 1. The van der Waals surface area contributed by atoms with Crippen molar-refractivity contribution in [1.29, 1.82) is 5.26 Å². The molecule has 0 radical (unpaired) electrons. The minimum Gasteiger partial charge on any atom is -0.398 e. The van der Waals surface area contributed by atoms with E-state index in [0.717, 1.165) is 5.56 Å². The van der Waals surface area contributed by atoms with E-state index in [-0.39, 0.29) is 0 Å². The molecule has 1 aromatic rings. The molecule has 0 fully saturated rings. The number of hydrogen-bond donors (Lipinski definition) is 1. The average molecular weight is 172 g/mol. The van der Waals surface area contributed by atoms with Crippen LogP contribution in [0.15, 0.2) is 24.3 Å². The Morgan fingerprint density at radius 2 is 2.23 bits per heavy atom. The fourth-order valence-electron chi connectivity index (χ4n) is 0.937. The molecule has 0 spiro atoms. The molecule has 0 unspecified atom stereocenters. The Morgan fingerprint density at radius 3 is 2.77 bits per heavy atom. The summed E-state index contributed by atoms with van der Waals surface area (Å²) in [6, 6.07) is 6.97. The topological polar surface area (TPSA) is 66.9 Å². The van der Waals surface area contributed by atoms with E-state index in [1.165, 1.54) is 6.08 Å². The molecule has 0 bridgehead atoms. The molecule has 13 heavy (non-hydrogen) atoms. The van der Waals surface area contributed by atoms with Gasteiger partial charge in [-0.3, -0.25) is 4.79 Å². The zero-order chi connectivity index (χ0) is 9.68. The van der Waals surface area contributed by atoms with Crippen LogP contribution in [0, 0.1) is 11.3 Å². The van der Waals surface area contributed by atoms with Gasteiger partial charge < -0.3 is 5.73 Å². The molecule has 0 aliphatic heterocycles. The highest BCUT2D eigenvalue weighted by atomic mass is 16.1. The van der Waals surface area contributed by atoms with Crippen LogP contribution in [0.3, 0.4) is 0 Å². The fraction of sp³-hybridized carbons (Fsp3) is 0. The number of nitrogens with zero attached hydrogens (tertiary/aromatic N) is 1. The van der Waals surface area contributed by atoms with Gasteiger partial charge >= 0.3 is 0 Å². The van der Waals surface area contributed by atoms with Crippen LogP contribution < -0.4 is 5.73 Å². The number of aldehydes is 1. The van der Waals surface area contributed by atoms with Gasteiger partial charge in [0, 0.05) is 0 Å². The van der Waals surface area contributed by atoms with Crippen LogP contribution in [0.1, 0.15) is 11.1 Å². The van der Waals surface area contributed by atoms with Gasteiger partial charge in [0.25, 0.3) is 0 Å². The summed E-state index contributed by atoms with van der Waals surface area (Å²) < 4.78 is 0. The van der Waals surface area contributed by atoms with Crippen LogP contribution in [0.2, 0.25) is 0 Å². The van der Waals surface area contributed by atoms with Gasteiger partial charge in [0.15, 0.2) is 0 Å². The van der Waals surface area contributed by atoms with Crippen molar-refractivity contribution >= 4 is 18.0 Å². The van der Waals surface area contributed by atoms with Crippen LogP contribution in [0.4, 0.5) is 5.69 Å². The normalized spacial score (nSPS) is 9.77. The third-order valence-corrected chi connectivity index (χ3v) is 1.56. The molecule has 0 saturated carbocycles. The van der Waals surface area contributed by atoms with Crippen molar-refractivity contribution in [3.8, 4) is 6.07 Å². The second-order valence-electron chi connectivity index (χ2n) is 2.45. The maximum atomic E-state index is 10.0. The number of carbonyl (C=O) groups is 1. The van der Waals surface area contributed by atoms with Crippen molar-refractivity contribution in [1.82, 2.24) is 0 Å². The molecule has 0 aliphatic rings. The van der Waals surface area contributed by atoms with E-state index < -0.39 is 0 Å². The third kappa shape index (κ3) is 2.17. The van der Waals surface area contributed by atoms with Crippen molar-refractivity contribution < 1.29 is 4.79 Å². The van der Waals surface area contributed by atoms with Crippen molar-refractivity contribution in [2.24, 2.45) is 0 Å². The number of carbonyl (C=O) groups excluding carboxylic acids is 1. The molecular weight excluding hydrogens is 164 g/mol. The summed E-state index contributed by atoms with van der Waals surface area (Å²) in [7, 11) is 0. The molecule has 64 valence electrons. The van der Waals surface area contributed by atoms with Crippen LogP contribution >= 0.6 is 0 Å². The summed E-state index contributed by atoms with van der Waals surface area (Å²) in [6.45, 7) is 0. The quantitative estimate of drug-likeness (QED) is 0.416. The first-order chi connectivity index (χ1) is 6.27. The lowest BCUT2D eigenvalue weighted by molar-refractivity contribution is -0.104. The molecule has 0 aromatic heterocycles. The molecule has 0 amide bonds. The molecule has 3 heteroatoms. The zero-order valence-electron chi connectivity index (χ0n) is 6.90. The van der Waals surface area contributed by atoms with Gasteiger partial charge in [-0.2, -0.15) is 5.26 Å². The van der Waals surface area contributed by atoms with E-state index in [2.05, 4.69) is 0 Å². The van der Waals surface area contributed by atoms with Gasteiger partial charge in [-0.25, -0.2) is 0 Å². The molecule has 2 N–H and O–H groups in total. The molecule has 3 nitrogen and oxygen atoms in total. The second-order valence-corrected chi connectivity index (χ2v) is 2.45. The molecule has 1 aromatic carbocycles. The number of hydrogen-bond acceptors (Lipinski definition) is 3. The summed E-state index contributed by atoms with van der Waals surface area (Å²) in [4.78, 5) is 10.0. The van der Waals surface area contributed by atoms with Crippen molar-refractivity contribution in [2.45, 2.75) is 0 Å². The summed E-state index contributed by atoms with van der Waals surface area (Å²) in [5.41, 5.74) is 7.24. The van der Waals surface area contributed by atoms with Gasteiger partial charge in [0.05, 0.1) is 11.3 Å². The summed E-state index contributed by atoms with van der Waals surface area (Å²) in [5, 5.41) is 8.58. The van der Waals surface area contributed by atoms with E-state index in [1.807, 2.05) is 6.07 Å². The predicted octanol–water partition coefficient (Wildman–Crippen LogP) is 1.35. The first-order valence-electron chi connectivity index (χ1n) is 3.69. The number of anilines is 1. The first-order valence-corrected chi connectivity index (χ1v) is 3.69. The molecule has 0 aliphatic carbocycles. The number of nitrogens with two attached hydrogens (primary N) is 1. The van der Waals surface area contributed by atoms with Crippen molar-refractivity contribution in [3.05, 3.63) is 35.4 Å². The highest BCUT2D eigenvalue weighted by Gasteiger charge is 1.96. The Kier molecular flexibility index (Phi) is 2.82. The summed E-state index contributed by atoms with van der Waals surface area (Å²) in [6.07, 6.45) is 3.69. The lowest BCUT2D eigenvalue weighted by Crippen LogP contribution is -1.90. The molecular formula is C10H8N2O. The standard InChI is InChI=1S/C10H8N2O/c11-7-9-4-3-8(2-1-5-13)6-10(9)12/h1-6H,12H2. The van der Waals surface area contributed by atoms with Crippen LogP contribution in [0.25, 0.3) is 6.08 Å². The minimum absolute atomic E-state index is 0.426. The maximum Gasteiger partial charge on any atom is 0.142 e. The minimum atomic E-state index is 0.426. The van der Waals surface area contributed by atoms with Gasteiger partial charge in [-0.05, 0) is 23.8 Å². The number of benzene rings is 1. The monoisotopic (exact) mass is 172 g/mol. The Bertz CT molecular complexity index is 388. The van der Waals surface area contributed by atoms with E-state index in [0.29, 0.717) is 17.5 Å². The largest absolute Gasteiger partial charge is 0.398 e. The van der Waals surface area contributed by atoms with Gasteiger partial charge in [-0.15, -0.1) is 0 Å². The molecule has 0 atom stereocenters. The second kappa shape index (κ2) is 4.07. The molecule has 0 saturated heterocycles. The molecule has 1 rings (SSSR count). The average Bonchev–Trinajstić information content (AvgIpc) is 2.15.